The largest absolute Gasteiger partial charge is 0.494 e. The highest BCUT2D eigenvalue weighted by Crippen LogP contribution is 2.60. The molecule has 5 heteroatoms. The topological polar surface area (TPSA) is 77.1 Å². The van der Waals surface area contributed by atoms with Crippen LogP contribution >= 0.6 is 0 Å². The number of benzene rings is 3. The molecule has 2 aliphatic rings. The molecule has 166 valence electrons. The Morgan fingerprint density at radius 3 is 2.32 bits per heavy atom. The van der Waals surface area contributed by atoms with Gasteiger partial charge in [-0.05, 0) is 41.8 Å². The van der Waals surface area contributed by atoms with E-state index in [4.69, 9.17) is 4.74 Å². The summed E-state index contributed by atoms with van der Waals surface area (Å²) in [5, 5.41) is 21.1. The van der Waals surface area contributed by atoms with Crippen LogP contribution in [0.2, 0.25) is 0 Å². The first-order valence-corrected chi connectivity index (χ1v) is 11.3. The van der Waals surface area contributed by atoms with Crippen molar-refractivity contribution in [3.8, 4) is 17.9 Å². The molecule has 5 nitrogen and oxygen atoms in total. The van der Waals surface area contributed by atoms with Crippen molar-refractivity contribution in [1.82, 2.24) is 4.90 Å². The quantitative estimate of drug-likeness (QED) is 0.485. The van der Waals surface area contributed by atoms with E-state index < -0.39 is 23.4 Å². The molecule has 0 saturated carbocycles. The van der Waals surface area contributed by atoms with E-state index in [0.717, 1.165) is 16.7 Å². The van der Waals surface area contributed by atoms with Crippen LogP contribution < -0.4 is 4.74 Å². The lowest BCUT2D eigenvalue weighted by atomic mass is 9.67. The van der Waals surface area contributed by atoms with Crippen LogP contribution in [0.3, 0.4) is 0 Å². The SMILES string of the molecule is CCOc1ccc(C2C(C(=O)c3ccccc3)N3C=Cc4ccccc4C3C2(C#N)C#N)cc1. The molecule has 0 amide bonds. The van der Waals surface area contributed by atoms with Gasteiger partial charge in [0, 0.05) is 17.7 Å². The van der Waals surface area contributed by atoms with E-state index in [0.29, 0.717) is 17.9 Å². The van der Waals surface area contributed by atoms with Gasteiger partial charge in [-0.2, -0.15) is 10.5 Å². The van der Waals surface area contributed by atoms with Crippen LogP contribution in [-0.2, 0) is 0 Å². The minimum atomic E-state index is -1.47. The van der Waals surface area contributed by atoms with Gasteiger partial charge in [-0.25, -0.2) is 0 Å². The highest BCUT2D eigenvalue weighted by atomic mass is 16.5. The van der Waals surface area contributed by atoms with E-state index in [1.807, 2.05) is 90.8 Å². The number of ketones is 1. The molecule has 0 N–H and O–H groups in total. The van der Waals surface area contributed by atoms with Crippen molar-refractivity contribution in [1.29, 1.82) is 10.5 Å². The second-order valence-electron chi connectivity index (χ2n) is 8.54. The number of hydrogen-bond acceptors (Lipinski definition) is 5. The number of carbonyl (C=O) groups excluding carboxylic acids is 1. The molecule has 0 aromatic heterocycles. The Morgan fingerprint density at radius 2 is 1.65 bits per heavy atom. The minimum absolute atomic E-state index is 0.110. The van der Waals surface area contributed by atoms with Crippen LogP contribution in [0.4, 0.5) is 0 Å². The third kappa shape index (κ3) is 3.17. The molecule has 3 aromatic carbocycles. The molecular weight excluding hydrogens is 422 g/mol. The minimum Gasteiger partial charge on any atom is -0.494 e. The zero-order valence-corrected chi connectivity index (χ0v) is 18.8. The predicted molar refractivity (Wildman–Crippen MR) is 129 cm³/mol. The fourth-order valence-electron chi connectivity index (χ4n) is 5.38. The van der Waals surface area contributed by atoms with Gasteiger partial charge in [0.25, 0.3) is 0 Å². The van der Waals surface area contributed by atoms with Crippen molar-refractivity contribution in [3.63, 3.8) is 0 Å². The summed E-state index contributed by atoms with van der Waals surface area (Å²) in [6.07, 6.45) is 3.83. The van der Waals surface area contributed by atoms with Gasteiger partial charge < -0.3 is 9.64 Å². The standard InChI is InChI=1S/C29H23N3O2/c1-2-34-23-14-12-21(13-15-23)25-26(27(33)22-9-4-3-5-10-22)32-17-16-20-8-6-7-11-24(20)28(32)29(25,18-30)19-31/h3-17,25-26,28H,2H2,1H3. The van der Waals surface area contributed by atoms with Crippen LogP contribution in [0.5, 0.6) is 5.75 Å². The van der Waals surface area contributed by atoms with Gasteiger partial charge in [0.15, 0.2) is 11.2 Å². The molecule has 3 atom stereocenters. The molecule has 0 radical (unpaired) electrons. The van der Waals surface area contributed by atoms with E-state index >= 15 is 0 Å². The van der Waals surface area contributed by atoms with Crippen LogP contribution in [0, 0.1) is 28.1 Å². The molecule has 1 saturated heterocycles. The normalized spacial score (nSPS) is 21.6. The van der Waals surface area contributed by atoms with Crippen molar-refractivity contribution >= 4 is 11.9 Å². The number of hydrogen-bond donors (Lipinski definition) is 0. The molecule has 5 rings (SSSR count). The van der Waals surface area contributed by atoms with E-state index in [1.54, 1.807) is 12.1 Å². The number of ether oxygens (including phenoxy) is 1. The molecule has 0 aliphatic carbocycles. The van der Waals surface area contributed by atoms with Crippen LogP contribution in [0.25, 0.3) is 6.08 Å². The second-order valence-corrected chi connectivity index (χ2v) is 8.54. The van der Waals surface area contributed by atoms with Crippen molar-refractivity contribution < 1.29 is 9.53 Å². The Labute approximate surface area is 199 Å². The highest BCUT2D eigenvalue weighted by molar-refractivity contribution is 6.01. The van der Waals surface area contributed by atoms with Crippen LogP contribution in [0.1, 0.15) is 45.9 Å². The summed E-state index contributed by atoms with van der Waals surface area (Å²) in [6.45, 7) is 2.45. The average molecular weight is 446 g/mol. The first-order valence-electron chi connectivity index (χ1n) is 11.3. The van der Waals surface area contributed by atoms with E-state index in [1.165, 1.54) is 0 Å². The first kappa shape index (κ1) is 21.5. The molecule has 2 aliphatic heterocycles. The van der Waals surface area contributed by atoms with Crippen molar-refractivity contribution in [2.24, 2.45) is 5.41 Å². The summed E-state index contributed by atoms with van der Waals surface area (Å²) in [5.74, 6) is -0.0646. The summed E-state index contributed by atoms with van der Waals surface area (Å²) in [6, 6.07) is 27.7. The van der Waals surface area contributed by atoms with Gasteiger partial charge in [0.05, 0.1) is 24.8 Å². The maximum Gasteiger partial charge on any atom is 0.185 e. The molecule has 3 unspecified atom stereocenters. The molecular formula is C29H23N3O2. The fourth-order valence-corrected chi connectivity index (χ4v) is 5.38. The smallest absolute Gasteiger partial charge is 0.185 e. The van der Waals surface area contributed by atoms with Crippen LogP contribution in [-0.4, -0.2) is 23.3 Å². The molecule has 0 bridgehead atoms. The van der Waals surface area contributed by atoms with Gasteiger partial charge in [0.2, 0.25) is 0 Å². The van der Waals surface area contributed by atoms with Gasteiger partial charge in [-0.1, -0.05) is 66.7 Å². The highest BCUT2D eigenvalue weighted by Gasteiger charge is 2.63. The number of rotatable bonds is 5. The fraction of sp³-hybridized carbons (Fsp3) is 0.207. The molecule has 34 heavy (non-hydrogen) atoms. The first-order chi connectivity index (χ1) is 16.6. The summed E-state index contributed by atoms with van der Waals surface area (Å²) in [7, 11) is 0. The predicted octanol–water partition coefficient (Wildman–Crippen LogP) is 5.50. The summed E-state index contributed by atoms with van der Waals surface area (Å²) >= 11 is 0. The number of carbonyl (C=O) groups is 1. The van der Waals surface area contributed by atoms with Crippen molar-refractivity contribution in [3.05, 3.63) is 107 Å². The van der Waals surface area contributed by atoms with Crippen molar-refractivity contribution in [2.75, 3.05) is 6.61 Å². The third-order valence-electron chi connectivity index (χ3n) is 6.82. The van der Waals surface area contributed by atoms with E-state index in [9.17, 15) is 15.3 Å². The van der Waals surface area contributed by atoms with Gasteiger partial charge in [-0.3, -0.25) is 4.79 Å². The molecule has 1 fully saturated rings. The number of nitrogens with zero attached hydrogens (tertiary/aromatic N) is 3. The lowest BCUT2D eigenvalue weighted by Crippen LogP contribution is -2.37. The zero-order valence-electron chi connectivity index (χ0n) is 18.8. The Bertz CT molecular complexity index is 1320. The summed E-state index contributed by atoms with van der Waals surface area (Å²) in [5.41, 5.74) is 1.69. The average Bonchev–Trinajstić information content (AvgIpc) is 3.20. The number of nitriles is 2. The number of fused-ring (bicyclic) bond motifs is 3. The van der Waals surface area contributed by atoms with E-state index in [2.05, 4.69) is 12.1 Å². The summed E-state index contributed by atoms with van der Waals surface area (Å²) in [4.78, 5) is 15.9. The maximum absolute atomic E-state index is 14.0. The van der Waals surface area contributed by atoms with Gasteiger partial charge >= 0.3 is 0 Å². The lowest BCUT2D eigenvalue weighted by Gasteiger charge is -2.34. The lowest BCUT2D eigenvalue weighted by molar-refractivity contribution is 0.0874. The molecule has 2 heterocycles. The Balaban J connectivity index is 1.73. The zero-order chi connectivity index (χ0) is 23.7. The Hall–Kier alpha value is -4.35. The molecule has 0 spiro atoms. The summed E-state index contributed by atoms with van der Waals surface area (Å²) < 4.78 is 5.59. The molecule has 3 aromatic rings. The Morgan fingerprint density at radius 1 is 0.971 bits per heavy atom. The van der Waals surface area contributed by atoms with Crippen LogP contribution in [0.15, 0.2) is 85.1 Å². The van der Waals surface area contributed by atoms with Gasteiger partial charge in [-0.15, -0.1) is 0 Å². The monoisotopic (exact) mass is 445 g/mol. The van der Waals surface area contributed by atoms with E-state index in [-0.39, 0.29) is 5.78 Å². The third-order valence-corrected chi connectivity index (χ3v) is 6.82. The van der Waals surface area contributed by atoms with Gasteiger partial charge in [0.1, 0.15) is 11.8 Å². The maximum atomic E-state index is 14.0. The number of Topliss-reactive ketones (excluding diaryl/α,β-unsaturated/α-hetero) is 1. The second kappa shape index (κ2) is 8.54. The Kier molecular flexibility index (Phi) is 5.40. The van der Waals surface area contributed by atoms with Crippen molar-refractivity contribution in [2.45, 2.75) is 24.9 Å².